The van der Waals surface area contributed by atoms with E-state index in [4.69, 9.17) is 19.9 Å². The SMILES string of the molecule is NC(=O)C(CCC=O)N1Cc2c(NC(=O)CCOCCOCCOCC(O)CNC(=O)N3CCN(c4ccccc4)CC3)cccc2C1=O. The van der Waals surface area contributed by atoms with Gasteiger partial charge in [0.2, 0.25) is 11.8 Å². The number of primary amides is 1. The number of carbonyl (C=O) groups excluding carboxylic acids is 5. The summed E-state index contributed by atoms with van der Waals surface area (Å²) in [4.78, 5) is 66.0. The van der Waals surface area contributed by atoms with E-state index in [1.54, 1.807) is 23.1 Å². The summed E-state index contributed by atoms with van der Waals surface area (Å²) in [6, 6.07) is 13.9. The van der Waals surface area contributed by atoms with E-state index in [9.17, 15) is 29.1 Å². The summed E-state index contributed by atoms with van der Waals surface area (Å²) in [6.07, 6.45) is 0.130. The third kappa shape index (κ3) is 11.2. The molecule has 2 atom stereocenters. The molecule has 5 N–H and O–H groups in total. The number of aliphatic hydroxyl groups excluding tert-OH is 1. The Balaban J connectivity index is 1.01. The molecule has 0 spiro atoms. The lowest BCUT2D eigenvalue weighted by molar-refractivity contribution is -0.123. The molecule has 2 heterocycles. The molecular weight excluding hydrogens is 636 g/mol. The zero-order chi connectivity index (χ0) is 35.0. The summed E-state index contributed by atoms with van der Waals surface area (Å²) >= 11 is 0. The molecule has 5 amide bonds. The van der Waals surface area contributed by atoms with Crippen LogP contribution in [0.2, 0.25) is 0 Å². The fourth-order valence-electron chi connectivity index (χ4n) is 5.62. The molecule has 266 valence electrons. The van der Waals surface area contributed by atoms with Crippen molar-refractivity contribution in [3.05, 3.63) is 59.7 Å². The predicted molar refractivity (Wildman–Crippen MR) is 180 cm³/mol. The lowest BCUT2D eigenvalue weighted by atomic mass is 10.1. The van der Waals surface area contributed by atoms with Gasteiger partial charge in [-0.25, -0.2) is 4.79 Å². The lowest BCUT2D eigenvalue weighted by Crippen LogP contribution is -2.52. The van der Waals surface area contributed by atoms with E-state index < -0.39 is 18.1 Å². The molecular formula is C34H46N6O9. The minimum absolute atomic E-state index is 0.0553. The van der Waals surface area contributed by atoms with Crippen molar-refractivity contribution in [1.82, 2.24) is 15.1 Å². The van der Waals surface area contributed by atoms with Crippen LogP contribution in [0.5, 0.6) is 0 Å². The highest BCUT2D eigenvalue weighted by Crippen LogP contribution is 2.31. The largest absolute Gasteiger partial charge is 0.389 e. The first-order chi connectivity index (χ1) is 23.8. The Morgan fingerprint density at radius 1 is 0.918 bits per heavy atom. The summed E-state index contributed by atoms with van der Waals surface area (Å²) in [5.41, 5.74) is 8.05. The molecule has 49 heavy (non-hydrogen) atoms. The number of rotatable bonds is 20. The monoisotopic (exact) mass is 682 g/mol. The van der Waals surface area contributed by atoms with Crippen molar-refractivity contribution in [2.75, 3.05) is 82.6 Å². The van der Waals surface area contributed by atoms with Gasteiger partial charge in [0.1, 0.15) is 12.3 Å². The van der Waals surface area contributed by atoms with Gasteiger partial charge in [-0.2, -0.15) is 0 Å². The van der Waals surface area contributed by atoms with Crippen molar-refractivity contribution in [3.8, 4) is 0 Å². The number of fused-ring (bicyclic) bond motifs is 1. The van der Waals surface area contributed by atoms with E-state index >= 15 is 0 Å². The molecule has 0 radical (unpaired) electrons. The number of nitrogens with zero attached hydrogens (tertiary/aromatic N) is 3. The van der Waals surface area contributed by atoms with E-state index in [0.717, 1.165) is 18.8 Å². The summed E-state index contributed by atoms with van der Waals surface area (Å²) < 4.78 is 16.4. The van der Waals surface area contributed by atoms with Crippen LogP contribution in [0.3, 0.4) is 0 Å². The van der Waals surface area contributed by atoms with E-state index in [-0.39, 0.29) is 89.8 Å². The molecule has 4 rings (SSSR count). The van der Waals surface area contributed by atoms with Crippen molar-refractivity contribution in [2.24, 2.45) is 5.73 Å². The van der Waals surface area contributed by atoms with Gasteiger partial charge >= 0.3 is 6.03 Å². The fraction of sp³-hybridized carbons (Fsp3) is 0.500. The van der Waals surface area contributed by atoms with E-state index in [2.05, 4.69) is 27.7 Å². The molecule has 1 fully saturated rings. The zero-order valence-corrected chi connectivity index (χ0v) is 27.6. The van der Waals surface area contributed by atoms with Gasteiger partial charge in [-0.15, -0.1) is 0 Å². The number of aldehydes is 1. The van der Waals surface area contributed by atoms with Crippen LogP contribution in [0, 0.1) is 0 Å². The number of nitrogens with one attached hydrogen (secondary N) is 2. The predicted octanol–water partition coefficient (Wildman–Crippen LogP) is 0.747. The van der Waals surface area contributed by atoms with Crippen LogP contribution in [-0.4, -0.2) is 129 Å². The van der Waals surface area contributed by atoms with Gasteiger partial charge < -0.3 is 55.2 Å². The summed E-state index contributed by atoms with van der Waals surface area (Å²) in [7, 11) is 0. The van der Waals surface area contributed by atoms with Gasteiger partial charge in [0, 0.05) is 68.2 Å². The first-order valence-corrected chi connectivity index (χ1v) is 16.5. The second-order valence-corrected chi connectivity index (χ2v) is 11.7. The highest BCUT2D eigenvalue weighted by Gasteiger charge is 2.36. The summed E-state index contributed by atoms with van der Waals surface area (Å²) in [5.74, 6) is -1.37. The molecule has 2 aromatic carbocycles. The molecule has 2 aliphatic heterocycles. The molecule has 0 bridgehead atoms. The van der Waals surface area contributed by atoms with Gasteiger partial charge in [-0.3, -0.25) is 14.4 Å². The van der Waals surface area contributed by atoms with E-state index in [0.29, 0.717) is 36.2 Å². The van der Waals surface area contributed by atoms with Crippen molar-refractivity contribution in [1.29, 1.82) is 0 Å². The molecule has 0 aromatic heterocycles. The van der Waals surface area contributed by atoms with E-state index in [1.807, 2.05) is 18.2 Å². The maximum Gasteiger partial charge on any atom is 0.317 e. The first-order valence-electron chi connectivity index (χ1n) is 16.5. The van der Waals surface area contributed by atoms with Crippen molar-refractivity contribution in [3.63, 3.8) is 0 Å². The topological polar surface area (TPSA) is 193 Å². The number of hydrogen-bond donors (Lipinski definition) is 4. The minimum Gasteiger partial charge on any atom is -0.389 e. The maximum atomic E-state index is 12.9. The third-order valence-corrected chi connectivity index (χ3v) is 8.24. The van der Waals surface area contributed by atoms with Crippen LogP contribution in [0.4, 0.5) is 16.2 Å². The Hall–Kier alpha value is -4.57. The van der Waals surface area contributed by atoms with Crippen LogP contribution in [0.25, 0.3) is 0 Å². The number of anilines is 2. The smallest absolute Gasteiger partial charge is 0.317 e. The number of piperazine rings is 1. The van der Waals surface area contributed by atoms with Crippen LogP contribution < -0.4 is 21.3 Å². The van der Waals surface area contributed by atoms with Crippen molar-refractivity contribution in [2.45, 2.75) is 38.0 Å². The van der Waals surface area contributed by atoms with Gasteiger partial charge in [0.15, 0.2) is 0 Å². The Morgan fingerprint density at radius 3 is 2.31 bits per heavy atom. The molecule has 2 aliphatic rings. The van der Waals surface area contributed by atoms with Gasteiger partial charge in [-0.05, 0) is 30.7 Å². The standard InChI is InChI=1S/C34H46N6O9/c35-32(44)30(10-5-16-41)40-23-28-27(33(40)45)8-4-9-29(28)37-31(43)11-17-47-18-19-48-20-21-49-24-26(42)22-36-34(46)39-14-12-38(13-15-39)25-6-2-1-3-7-25/h1-4,6-9,16,26,30,42H,5,10-15,17-24H2,(H2,35,44)(H,36,46)(H,37,43). The molecule has 2 aromatic rings. The maximum absolute atomic E-state index is 12.9. The van der Waals surface area contributed by atoms with Crippen LogP contribution in [0.15, 0.2) is 48.5 Å². The number of para-hydroxylation sites is 1. The van der Waals surface area contributed by atoms with Crippen LogP contribution >= 0.6 is 0 Å². The number of nitrogens with two attached hydrogens (primary N) is 1. The van der Waals surface area contributed by atoms with E-state index in [1.165, 1.54) is 4.90 Å². The fourth-order valence-corrected chi connectivity index (χ4v) is 5.62. The number of hydrogen-bond acceptors (Lipinski definition) is 10. The quantitative estimate of drug-likeness (QED) is 0.114. The second-order valence-electron chi connectivity index (χ2n) is 11.7. The highest BCUT2D eigenvalue weighted by atomic mass is 16.5. The van der Waals surface area contributed by atoms with Crippen molar-refractivity contribution >= 4 is 41.4 Å². The number of carbonyl (C=O) groups is 5. The third-order valence-electron chi connectivity index (χ3n) is 8.24. The average molecular weight is 683 g/mol. The lowest BCUT2D eigenvalue weighted by Gasteiger charge is -2.36. The summed E-state index contributed by atoms with van der Waals surface area (Å²) in [6.45, 7) is 4.19. The normalized spacial score (nSPS) is 15.4. The van der Waals surface area contributed by atoms with Crippen LogP contribution in [0.1, 0.15) is 35.2 Å². The summed E-state index contributed by atoms with van der Waals surface area (Å²) in [5, 5.41) is 15.7. The Labute approximate surface area is 285 Å². The second kappa shape index (κ2) is 19.4. The van der Waals surface area contributed by atoms with Crippen LogP contribution in [-0.2, 0) is 35.1 Å². The van der Waals surface area contributed by atoms with Crippen molar-refractivity contribution < 1.29 is 43.3 Å². The molecule has 2 unspecified atom stereocenters. The molecule has 0 saturated carbocycles. The molecule has 15 heteroatoms. The zero-order valence-electron chi connectivity index (χ0n) is 27.6. The number of urea groups is 1. The average Bonchev–Trinajstić information content (AvgIpc) is 3.44. The molecule has 1 saturated heterocycles. The Kier molecular flexibility index (Phi) is 14.8. The minimum atomic E-state index is -0.917. The number of benzene rings is 2. The Morgan fingerprint density at radius 2 is 1.61 bits per heavy atom. The molecule has 15 nitrogen and oxygen atoms in total. The number of aliphatic hydroxyl groups is 1. The van der Waals surface area contributed by atoms with Gasteiger partial charge in [0.05, 0.1) is 52.2 Å². The number of amides is 5. The Bertz CT molecular complexity index is 1400. The number of ether oxygens (including phenoxy) is 3. The highest BCUT2D eigenvalue weighted by molar-refractivity contribution is 6.04. The first kappa shape index (κ1) is 37.3. The van der Waals surface area contributed by atoms with Gasteiger partial charge in [-0.1, -0.05) is 24.3 Å². The molecule has 0 aliphatic carbocycles. The van der Waals surface area contributed by atoms with Gasteiger partial charge in [0.25, 0.3) is 5.91 Å².